The van der Waals surface area contributed by atoms with Crippen LogP contribution in [0.3, 0.4) is 0 Å². The molecule has 2 aromatic heterocycles. The number of aryl methyl sites for hydroxylation is 2. The van der Waals surface area contributed by atoms with Gasteiger partial charge >= 0.3 is 0 Å². The SMILES string of the molecule is CCc1cc(C(=O)NCc2nncn2CC)cc(NN)n1. The highest BCUT2D eigenvalue weighted by Crippen LogP contribution is 2.10. The summed E-state index contributed by atoms with van der Waals surface area (Å²) in [5.74, 6) is 6.35. The van der Waals surface area contributed by atoms with Crippen molar-refractivity contribution in [3.8, 4) is 0 Å². The molecule has 0 fully saturated rings. The summed E-state index contributed by atoms with van der Waals surface area (Å²) < 4.78 is 1.87. The first-order valence-electron chi connectivity index (χ1n) is 6.80. The summed E-state index contributed by atoms with van der Waals surface area (Å²) in [5.41, 5.74) is 3.78. The lowest BCUT2D eigenvalue weighted by atomic mass is 10.2. The van der Waals surface area contributed by atoms with Crippen LogP contribution in [0, 0.1) is 0 Å². The third-order valence-corrected chi connectivity index (χ3v) is 3.09. The number of amides is 1. The van der Waals surface area contributed by atoms with Crippen molar-refractivity contribution in [1.82, 2.24) is 25.1 Å². The van der Waals surface area contributed by atoms with Gasteiger partial charge in [-0.3, -0.25) is 4.79 Å². The summed E-state index contributed by atoms with van der Waals surface area (Å²) in [6.07, 6.45) is 2.36. The molecular weight excluding hydrogens is 270 g/mol. The summed E-state index contributed by atoms with van der Waals surface area (Å²) in [7, 11) is 0. The maximum Gasteiger partial charge on any atom is 0.251 e. The monoisotopic (exact) mass is 289 g/mol. The van der Waals surface area contributed by atoms with Gasteiger partial charge < -0.3 is 15.3 Å². The Labute approximate surface area is 122 Å². The minimum absolute atomic E-state index is 0.200. The molecule has 0 bridgehead atoms. The van der Waals surface area contributed by atoms with Gasteiger partial charge in [-0.15, -0.1) is 10.2 Å². The Bertz CT molecular complexity index is 600. The largest absolute Gasteiger partial charge is 0.345 e. The molecule has 112 valence electrons. The van der Waals surface area contributed by atoms with E-state index in [1.807, 2.05) is 18.4 Å². The van der Waals surface area contributed by atoms with Gasteiger partial charge in [-0.2, -0.15) is 0 Å². The second kappa shape index (κ2) is 6.80. The molecule has 1 amide bonds. The molecule has 0 radical (unpaired) electrons. The third kappa shape index (κ3) is 3.54. The fourth-order valence-electron chi connectivity index (χ4n) is 1.92. The summed E-state index contributed by atoms with van der Waals surface area (Å²) in [5, 5.41) is 10.6. The van der Waals surface area contributed by atoms with Crippen LogP contribution in [0.25, 0.3) is 0 Å². The predicted octanol–water partition coefficient (Wildman–Crippen LogP) is 0.471. The normalized spacial score (nSPS) is 10.4. The number of pyridine rings is 1. The van der Waals surface area contributed by atoms with Crippen molar-refractivity contribution >= 4 is 11.7 Å². The summed E-state index contributed by atoms with van der Waals surface area (Å²) >= 11 is 0. The third-order valence-electron chi connectivity index (χ3n) is 3.09. The number of nitrogens with two attached hydrogens (primary N) is 1. The quantitative estimate of drug-likeness (QED) is 0.526. The fraction of sp³-hybridized carbons (Fsp3) is 0.385. The average Bonchev–Trinajstić information content (AvgIpc) is 2.99. The highest BCUT2D eigenvalue weighted by molar-refractivity contribution is 5.94. The van der Waals surface area contributed by atoms with Gasteiger partial charge in [-0.1, -0.05) is 6.92 Å². The Balaban J connectivity index is 2.09. The zero-order chi connectivity index (χ0) is 15.2. The molecule has 2 aromatic rings. The van der Waals surface area contributed by atoms with Crippen molar-refractivity contribution in [2.24, 2.45) is 5.84 Å². The molecule has 0 spiro atoms. The van der Waals surface area contributed by atoms with E-state index in [2.05, 4.69) is 25.9 Å². The van der Waals surface area contributed by atoms with E-state index in [0.717, 1.165) is 18.7 Å². The number of anilines is 1. The number of hydrogen-bond donors (Lipinski definition) is 3. The lowest BCUT2D eigenvalue weighted by Crippen LogP contribution is -2.25. The maximum absolute atomic E-state index is 12.2. The first-order chi connectivity index (χ1) is 10.2. The molecule has 0 saturated carbocycles. The minimum atomic E-state index is -0.200. The van der Waals surface area contributed by atoms with Crippen LogP contribution >= 0.6 is 0 Å². The zero-order valence-corrected chi connectivity index (χ0v) is 12.1. The van der Waals surface area contributed by atoms with Crippen LogP contribution in [0.4, 0.5) is 5.82 Å². The van der Waals surface area contributed by atoms with Crippen molar-refractivity contribution in [1.29, 1.82) is 0 Å². The van der Waals surface area contributed by atoms with E-state index in [1.165, 1.54) is 0 Å². The van der Waals surface area contributed by atoms with Gasteiger partial charge in [-0.05, 0) is 25.5 Å². The Kier molecular flexibility index (Phi) is 4.83. The Morgan fingerprint density at radius 3 is 2.86 bits per heavy atom. The molecule has 2 heterocycles. The molecule has 0 aliphatic rings. The van der Waals surface area contributed by atoms with Crippen LogP contribution in [0.1, 0.15) is 35.7 Å². The highest BCUT2D eigenvalue weighted by Gasteiger charge is 2.11. The zero-order valence-electron chi connectivity index (χ0n) is 12.1. The average molecular weight is 289 g/mol. The van der Waals surface area contributed by atoms with E-state index in [9.17, 15) is 4.79 Å². The second-order valence-corrected chi connectivity index (χ2v) is 4.45. The molecule has 8 nitrogen and oxygen atoms in total. The van der Waals surface area contributed by atoms with Gasteiger partial charge in [0.2, 0.25) is 0 Å². The van der Waals surface area contributed by atoms with Crippen LogP contribution in [0.15, 0.2) is 18.5 Å². The molecular formula is C13H19N7O. The van der Waals surface area contributed by atoms with Gasteiger partial charge in [0.1, 0.15) is 12.1 Å². The number of nitrogens with one attached hydrogen (secondary N) is 2. The van der Waals surface area contributed by atoms with Gasteiger partial charge in [0.15, 0.2) is 5.82 Å². The number of nitrogen functional groups attached to an aromatic ring is 1. The lowest BCUT2D eigenvalue weighted by molar-refractivity contribution is 0.0949. The molecule has 8 heteroatoms. The molecule has 0 aliphatic carbocycles. The first kappa shape index (κ1) is 14.9. The topological polar surface area (TPSA) is 111 Å². The molecule has 4 N–H and O–H groups in total. The number of aromatic nitrogens is 4. The molecule has 0 unspecified atom stereocenters. The number of nitrogens with zero attached hydrogens (tertiary/aromatic N) is 4. The molecule has 0 aromatic carbocycles. The van der Waals surface area contributed by atoms with E-state index < -0.39 is 0 Å². The van der Waals surface area contributed by atoms with E-state index in [4.69, 9.17) is 5.84 Å². The number of hydrogen-bond acceptors (Lipinski definition) is 6. The first-order valence-corrected chi connectivity index (χ1v) is 6.80. The second-order valence-electron chi connectivity index (χ2n) is 4.45. The van der Waals surface area contributed by atoms with Crippen molar-refractivity contribution in [2.45, 2.75) is 33.4 Å². The predicted molar refractivity (Wildman–Crippen MR) is 78.3 cm³/mol. The summed E-state index contributed by atoms with van der Waals surface area (Å²) in [6.45, 7) is 5.04. The van der Waals surface area contributed by atoms with Gasteiger partial charge in [0.25, 0.3) is 5.91 Å². The Hall–Kier alpha value is -2.48. The molecule has 0 atom stereocenters. The maximum atomic E-state index is 12.2. The highest BCUT2D eigenvalue weighted by atomic mass is 16.1. The fourth-order valence-corrected chi connectivity index (χ4v) is 1.92. The Morgan fingerprint density at radius 2 is 2.19 bits per heavy atom. The van der Waals surface area contributed by atoms with Crippen molar-refractivity contribution in [3.05, 3.63) is 35.5 Å². The molecule has 21 heavy (non-hydrogen) atoms. The van der Waals surface area contributed by atoms with Crippen LogP contribution in [-0.4, -0.2) is 25.7 Å². The van der Waals surface area contributed by atoms with E-state index >= 15 is 0 Å². The smallest absolute Gasteiger partial charge is 0.251 e. The van der Waals surface area contributed by atoms with Crippen molar-refractivity contribution in [3.63, 3.8) is 0 Å². The van der Waals surface area contributed by atoms with Gasteiger partial charge in [0, 0.05) is 17.8 Å². The molecule has 0 saturated heterocycles. The van der Waals surface area contributed by atoms with E-state index in [1.54, 1.807) is 18.5 Å². The van der Waals surface area contributed by atoms with Crippen molar-refractivity contribution < 1.29 is 4.79 Å². The van der Waals surface area contributed by atoms with Gasteiger partial charge in [0.05, 0.1) is 6.54 Å². The van der Waals surface area contributed by atoms with Crippen LogP contribution in [-0.2, 0) is 19.5 Å². The van der Waals surface area contributed by atoms with Crippen molar-refractivity contribution in [2.75, 3.05) is 5.43 Å². The van der Waals surface area contributed by atoms with E-state index in [-0.39, 0.29) is 5.91 Å². The van der Waals surface area contributed by atoms with Crippen LogP contribution < -0.4 is 16.6 Å². The number of hydrazine groups is 1. The number of carbonyl (C=O) groups is 1. The number of carbonyl (C=O) groups excluding carboxylic acids is 1. The van der Waals surface area contributed by atoms with Crippen LogP contribution in [0.5, 0.6) is 0 Å². The van der Waals surface area contributed by atoms with Gasteiger partial charge in [-0.25, -0.2) is 10.8 Å². The molecule has 2 rings (SSSR count). The number of rotatable bonds is 6. The Morgan fingerprint density at radius 1 is 1.38 bits per heavy atom. The molecule has 0 aliphatic heterocycles. The summed E-state index contributed by atoms with van der Waals surface area (Å²) in [4.78, 5) is 16.5. The van der Waals surface area contributed by atoms with Crippen LogP contribution in [0.2, 0.25) is 0 Å². The van der Waals surface area contributed by atoms with E-state index in [0.29, 0.717) is 23.8 Å². The summed E-state index contributed by atoms with van der Waals surface area (Å²) in [6, 6.07) is 3.36. The minimum Gasteiger partial charge on any atom is -0.345 e. The standard InChI is InChI=1S/C13H19N7O/c1-3-10-5-9(6-11(17-10)18-14)13(21)15-7-12-19-16-8-20(12)4-2/h5-6,8H,3-4,7,14H2,1-2H3,(H,15,21)(H,17,18). The lowest BCUT2D eigenvalue weighted by Gasteiger charge is -2.09.